The lowest BCUT2D eigenvalue weighted by Gasteiger charge is -2.22. The van der Waals surface area contributed by atoms with Crippen LogP contribution in [0.3, 0.4) is 0 Å². The van der Waals surface area contributed by atoms with E-state index >= 15 is 0 Å². The molecule has 1 atom stereocenters. The molecule has 0 radical (unpaired) electrons. The predicted molar refractivity (Wildman–Crippen MR) is 154 cm³/mol. The molecule has 4 rings (SSSR count). The standard InChI is InChI=1S/C28H27FN6O2S/c1-3-19(2)24-6-4-5-7-25(24)35-26(36)17-38-28(35)34-33-16-20-8-10-21(11-9-20)27(30)32-18-31-22-12-14-23(37-29)15-13-22/h4-16,18-19H,3,17H2,1-2H3,(H2,30,31,32)/b33-16+,34-28-. The molecule has 3 aromatic carbocycles. The van der Waals surface area contributed by atoms with Gasteiger partial charge in [0.2, 0.25) is 5.91 Å². The molecule has 10 heteroatoms. The molecule has 1 fully saturated rings. The summed E-state index contributed by atoms with van der Waals surface area (Å²) in [5.74, 6) is 1.03. The second-order valence-corrected chi connectivity index (χ2v) is 9.41. The lowest BCUT2D eigenvalue weighted by molar-refractivity contribution is -0.115. The number of thioether (sulfide) groups is 1. The van der Waals surface area contributed by atoms with E-state index < -0.39 is 0 Å². The fourth-order valence-corrected chi connectivity index (χ4v) is 4.52. The topological polar surface area (TPSA) is 105 Å². The first-order valence-electron chi connectivity index (χ1n) is 12.0. The quantitative estimate of drug-likeness (QED) is 0.208. The van der Waals surface area contributed by atoms with E-state index in [1.807, 2.05) is 42.5 Å². The number of anilines is 1. The summed E-state index contributed by atoms with van der Waals surface area (Å²) in [6.45, 7) is 4.28. The number of nitrogens with two attached hydrogens (primary N) is 1. The lowest BCUT2D eigenvalue weighted by atomic mass is 9.96. The van der Waals surface area contributed by atoms with Gasteiger partial charge in [0.05, 0.1) is 23.3 Å². The predicted octanol–water partition coefficient (Wildman–Crippen LogP) is 6.00. The Kier molecular flexibility index (Phi) is 8.99. The Morgan fingerprint density at radius 1 is 1.13 bits per heavy atom. The first-order valence-corrected chi connectivity index (χ1v) is 13.0. The Labute approximate surface area is 224 Å². The Morgan fingerprint density at radius 2 is 1.87 bits per heavy atom. The Morgan fingerprint density at radius 3 is 2.58 bits per heavy atom. The third-order valence-electron chi connectivity index (χ3n) is 5.97. The number of hydrogen-bond acceptors (Lipinski definition) is 6. The van der Waals surface area contributed by atoms with Gasteiger partial charge in [0.25, 0.3) is 0 Å². The van der Waals surface area contributed by atoms with Crippen molar-refractivity contribution < 1.29 is 14.3 Å². The van der Waals surface area contributed by atoms with Crippen LogP contribution < -0.4 is 15.6 Å². The van der Waals surface area contributed by atoms with Gasteiger partial charge in [0, 0.05) is 10.1 Å². The highest BCUT2D eigenvalue weighted by Gasteiger charge is 2.31. The summed E-state index contributed by atoms with van der Waals surface area (Å²) in [5.41, 5.74) is 10.1. The average Bonchev–Trinajstić information content (AvgIpc) is 3.32. The third-order valence-corrected chi connectivity index (χ3v) is 6.89. The van der Waals surface area contributed by atoms with Crippen molar-refractivity contribution in [3.05, 3.63) is 89.5 Å². The molecule has 2 N–H and O–H groups in total. The molecule has 1 aliphatic rings. The molecular formula is C28H27FN6O2S. The number of aliphatic imine (C=N–C) groups is 2. The van der Waals surface area contributed by atoms with Crippen LogP contribution in [0.1, 0.15) is 42.9 Å². The minimum atomic E-state index is -0.00634. The zero-order valence-corrected chi connectivity index (χ0v) is 21.8. The van der Waals surface area contributed by atoms with Crippen LogP contribution in [0.15, 0.2) is 93.0 Å². The van der Waals surface area contributed by atoms with Crippen molar-refractivity contribution in [1.82, 2.24) is 0 Å². The molecule has 1 unspecified atom stereocenters. The van der Waals surface area contributed by atoms with E-state index in [0.29, 0.717) is 28.1 Å². The van der Waals surface area contributed by atoms with Gasteiger partial charge in [0.1, 0.15) is 12.2 Å². The minimum absolute atomic E-state index is 0.00634. The van der Waals surface area contributed by atoms with Crippen LogP contribution in [0.5, 0.6) is 5.75 Å². The van der Waals surface area contributed by atoms with Gasteiger partial charge >= 0.3 is 0 Å². The van der Waals surface area contributed by atoms with Crippen LogP contribution in [0.2, 0.25) is 0 Å². The van der Waals surface area contributed by atoms with E-state index in [1.54, 1.807) is 23.2 Å². The fraction of sp³-hybridized carbons (Fsp3) is 0.179. The zero-order valence-electron chi connectivity index (χ0n) is 21.0. The van der Waals surface area contributed by atoms with Gasteiger partial charge in [-0.1, -0.05) is 68.1 Å². The summed E-state index contributed by atoms with van der Waals surface area (Å²) >= 11 is 1.38. The molecule has 1 saturated heterocycles. The maximum atomic E-state index is 12.7. The second-order valence-electron chi connectivity index (χ2n) is 8.47. The van der Waals surface area contributed by atoms with Crippen LogP contribution in [0.4, 0.5) is 15.9 Å². The monoisotopic (exact) mass is 530 g/mol. The summed E-state index contributed by atoms with van der Waals surface area (Å²) in [6.07, 6.45) is 3.93. The van der Waals surface area contributed by atoms with Crippen molar-refractivity contribution in [2.75, 3.05) is 10.7 Å². The number of rotatable bonds is 9. The van der Waals surface area contributed by atoms with E-state index in [1.165, 1.54) is 30.2 Å². The van der Waals surface area contributed by atoms with Crippen LogP contribution in [0, 0.1) is 0 Å². The maximum absolute atomic E-state index is 12.7. The fourth-order valence-electron chi connectivity index (χ4n) is 3.70. The minimum Gasteiger partial charge on any atom is -0.383 e. The van der Waals surface area contributed by atoms with E-state index in [2.05, 4.69) is 45.0 Å². The second kappa shape index (κ2) is 12.8. The van der Waals surface area contributed by atoms with Crippen molar-refractivity contribution in [1.29, 1.82) is 0 Å². The smallest absolute Gasteiger partial charge is 0.243 e. The summed E-state index contributed by atoms with van der Waals surface area (Å²) < 4.78 is 12.1. The highest BCUT2D eigenvalue weighted by Crippen LogP contribution is 2.34. The van der Waals surface area contributed by atoms with Gasteiger partial charge < -0.3 is 5.73 Å². The molecule has 0 spiro atoms. The molecule has 0 aliphatic carbocycles. The number of benzene rings is 3. The number of hydrogen-bond donors (Lipinski definition) is 1. The van der Waals surface area contributed by atoms with Crippen LogP contribution >= 0.6 is 11.8 Å². The summed E-state index contributed by atoms with van der Waals surface area (Å²) in [7, 11) is 0. The molecule has 3 aromatic rings. The molecule has 0 bridgehead atoms. The molecule has 1 heterocycles. The highest BCUT2D eigenvalue weighted by molar-refractivity contribution is 8.15. The Balaban J connectivity index is 1.43. The van der Waals surface area contributed by atoms with Crippen molar-refractivity contribution in [2.45, 2.75) is 26.2 Å². The number of carbonyl (C=O) groups excluding carboxylic acids is 1. The van der Waals surface area contributed by atoms with Gasteiger partial charge in [0.15, 0.2) is 10.9 Å². The van der Waals surface area contributed by atoms with Gasteiger partial charge in [-0.3, -0.25) is 14.6 Å². The van der Waals surface area contributed by atoms with Crippen molar-refractivity contribution in [3.8, 4) is 5.75 Å². The SMILES string of the molecule is CCC(C)c1ccccc1N1C(=O)CS/C1=N\N=C\c1ccc(C(N)=NC=Nc2ccc(OF)cc2)cc1. The highest BCUT2D eigenvalue weighted by atomic mass is 32.2. The summed E-state index contributed by atoms with van der Waals surface area (Å²) in [5, 5.41) is 9.14. The van der Waals surface area contributed by atoms with Crippen LogP contribution in [0.25, 0.3) is 0 Å². The van der Waals surface area contributed by atoms with E-state index in [0.717, 1.165) is 23.2 Å². The van der Waals surface area contributed by atoms with Crippen LogP contribution in [-0.4, -0.2) is 35.2 Å². The zero-order chi connectivity index (χ0) is 26.9. The van der Waals surface area contributed by atoms with E-state index in [9.17, 15) is 9.32 Å². The molecule has 0 aromatic heterocycles. The molecule has 38 heavy (non-hydrogen) atoms. The van der Waals surface area contributed by atoms with Crippen molar-refractivity contribution in [3.63, 3.8) is 0 Å². The summed E-state index contributed by atoms with van der Waals surface area (Å²) in [4.78, 5) is 26.3. The average molecular weight is 531 g/mol. The molecule has 1 aliphatic heterocycles. The molecular weight excluding hydrogens is 503 g/mol. The van der Waals surface area contributed by atoms with Crippen LogP contribution in [-0.2, 0) is 4.79 Å². The van der Waals surface area contributed by atoms with E-state index in [4.69, 9.17) is 5.73 Å². The van der Waals surface area contributed by atoms with Gasteiger partial charge in [-0.05, 0) is 53.8 Å². The molecule has 194 valence electrons. The lowest BCUT2D eigenvalue weighted by Crippen LogP contribution is -2.30. The van der Waals surface area contributed by atoms with Crippen molar-refractivity contribution in [2.24, 2.45) is 25.9 Å². The molecule has 1 amide bonds. The number of halogens is 1. The Hall–Kier alpha value is -4.31. The first-order chi connectivity index (χ1) is 18.5. The third kappa shape index (κ3) is 6.51. The number of para-hydroxylation sites is 1. The van der Waals surface area contributed by atoms with Gasteiger partial charge in [-0.25, -0.2) is 9.98 Å². The number of amidine groups is 2. The first kappa shape index (κ1) is 26.7. The number of carbonyl (C=O) groups is 1. The van der Waals surface area contributed by atoms with Gasteiger partial charge in [-0.15, -0.1) is 5.10 Å². The molecule has 8 nitrogen and oxygen atoms in total. The maximum Gasteiger partial charge on any atom is 0.243 e. The van der Waals surface area contributed by atoms with E-state index in [-0.39, 0.29) is 17.5 Å². The number of amides is 1. The Bertz CT molecular complexity index is 1390. The normalized spacial score (nSPS) is 16.2. The van der Waals surface area contributed by atoms with Gasteiger partial charge in [-0.2, -0.15) is 5.10 Å². The molecule has 0 saturated carbocycles. The van der Waals surface area contributed by atoms with Crippen molar-refractivity contribution >= 4 is 52.6 Å². The largest absolute Gasteiger partial charge is 0.383 e. The number of nitrogens with zero attached hydrogens (tertiary/aromatic N) is 5. The summed E-state index contributed by atoms with van der Waals surface area (Å²) in [6, 6.07) is 21.4.